The zero-order valence-corrected chi connectivity index (χ0v) is 13.6. The van der Waals surface area contributed by atoms with Crippen LogP contribution in [-0.4, -0.2) is 23.6 Å². The summed E-state index contributed by atoms with van der Waals surface area (Å²) in [7, 11) is 4.10. The Kier molecular flexibility index (Phi) is 4.33. The molecule has 0 aliphatic rings. The maximum absolute atomic E-state index is 6.04. The Bertz CT molecular complexity index is 772. The van der Waals surface area contributed by atoms with Gasteiger partial charge in [-0.15, -0.1) is 0 Å². The fraction of sp³-hybridized carbons (Fsp3) is 0.211. The van der Waals surface area contributed by atoms with Gasteiger partial charge in [0.15, 0.2) is 0 Å². The fourth-order valence-electron chi connectivity index (χ4n) is 2.61. The van der Waals surface area contributed by atoms with Gasteiger partial charge in [-0.05, 0) is 29.3 Å². The lowest BCUT2D eigenvalue weighted by Gasteiger charge is -2.13. The Morgan fingerprint density at radius 2 is 1.78 bits per heavy atom. The number of rotatable bonds is 5. The summed E-state index contributed by atoms with van der Waals surface area (Å²) in [5.41, 5.74) is 10.4. The third-order valence-electron chi connectivity index (χ3n) is 4.01. The number of hydrogen-bond acceptors (Lipinski definition) is 3. The Balaban J connectivity index is 1.77. The van der Waals surface area contributed by atoms with Gasteiger partial charge >= 0.3 is 0 Å². The maximum atomic E-state index is 6.04. The summed E-state index contributed by atoms with van der Waals surface area (Å²) in [5, 5.41) is 0. The quantitative estimate of drug-likeness (QED) is 0.737. The molecule has 0 aliphatic heterocycles. The number of nitrogens with two attached hydrogens (primary N) is 1. The minimum absolute atomic E-state index is 0.745. The third-order valence-corrected chi connectivity index (χ3v) is 4.01. The minimum atomic E-state index is 0.745. The highest BCUT2D eigenvalue weighted by molar-refractivity contribution is 5.48. The number of aromatic nitrogens is 2. The summed E-state index contributed by atoms with van der Waals surface area (Å²) in [5.74, 6) is 1.03. The SMILES string of the molecule is CN(C)c1ccc(Cn2ccnc2Cc2ccccc2N)cc1. The molecule has 4 heteroatoms. The second kappa shape index (κ2) is 6.57. The van der Waals surface area contributed by atoms with Gasteiger partial charge in [0, 0.05) is 50.8 Å². The van der Waals surface area contributed by atoms with E-state index < -0.39 is 0 Å². The molecule has 0 atom stereocenters. The smallest absolute Gasteiger partial charge is 0.113 e. The van der Waals surface area contributed by atoms with Crippen molar-refractivity contribution >= 4 is 11.4 Å². The van der Waals surface area contributed by atoms with Gasteiger partial charge in [-0.2, -0.15) is 0 Å². The van der Waals surface area contributed by atoms with Crippen molar-refractivity contribution in [3.63, 3.8) is 0 Å². The van der Waals surface area contributed by atoms with Crippen LogP contribution < -0.4 is 10.6 Å². The molecule has 1 aromatic heterocycles. The predicted molar refractivity (Wildman–Crippen MR) is 95.8 cm³/mol. The number of nitrogens with zero attached hydrogens (tertiary/aromatic N) is 3. The monoisotopic (exact) mass is 306 g/mol. The molecule has 3 aromatic rings. The molecule has 0 radical (unpaired) electrons. The molecule has 118 valence electrons. The van der Waals surface area contributed by atoms with E-state index >= 15 is 0 Å². The lowest BCUT2D eigenvalue weighted by atomic mass is 10.1. The number of imidazole rings is 1. The Hall–Kier alpha value is -2.75. The highest BCUT2D eigenvalue weighted by atomic mass is 15.1. The number of nitrogen functional groups attached to an aromatic ring is 1. The Morgan fingerprint density at radius 1 is 1.04 bits per heavy atom. The van der Waals surface area contributed by atoms with Crippen LogP contribution in [0, 0.1) is 0 Å². The third kappa shape index (κ3) is 3.54. The van der Waals surface area contributed by atoms with Crippen molar-refractivity contribution in [2.75, 3.05) is 24.7 Å². The first-order chi connectivity index (χ1) is 11.1. The van der Waals surface area contributed by atoms with Gasteiger partial charge in [0.25, 0.3) is 0 Å². The van der Waals surface area contributed by atoms with Crippen molar-refractivity contribution in [1.29, 1.82) is 0 Å². The van der Waals surface area contributed by atoms with E-state index in [1.165, 1.54) is 11.3 Å². The molecular formula is C19H22N4. The molecule has 2 N–H and O–H groups in total. The molecule has 3 rings (SSSR count). The number of para-hydroxylation sites is 1. The molecule has 0 saturated carbocycles. The minimum Gasteiger partial charge on any atom is -0.398 e. The van der Waals surface area contributed by atoms with Crippen LogP contribution in [0.2, 0.25) is 0 Å². The number of anilines is 2. The van der Waals surface area contributed by atoms with E-state index in [0.29, 0.717) is 0 Å². The van der Waals surface area contributed by atoms with E-state index in [4.69, 9.17) is 5.73 Å². The molecular weight excluding hydrogens is 284 g/mol. The molecule has 0 fully saturated rings. The number of hydrogen-bond donors (Lipinski definition) is 1. The number of benzene rings is 2. The van der Waals surface area contributed by atoms with E-state index in [1.807, 2.05) is 44.7 Å². The van der Waals surface area contributed by atoms with Crippen LogP contribution in [0.25, 0.3) is 0 Å². The maximum Gasteiger partial charge on any atom is 0.113 e. The van der Waals surface area contributed by atoms with Crippen LogP contribution >= 0.6 is 0 Å². The largest absolute Gasteiger partial charge is 0.398 e. The molecule has 0 amide bonds. The second-order valence-electron chi connectivity index (χ2n) is 5.91. The molecule has 23 heavy (non-hydrogen) atoms. The topological polar surface area (TPSA) is 47.1 Å². The van der Waals surface area contributed by atoms with E-state index in [2.05, 4.69) is 44.8 Å². The Morgan fingerprint density at radius 3 is 2.48 bits per heavy atom. The predicted octanol–water partition coefficient (Wildman–Crippen LogP) is 3.17. The van der Waals surface area contributed by atoms with Crippen LogP contribution in [0.15, 0.2) is 60.9 Å². The van der Waals surface area contributed by atoms with E-state index in [9.17, 15) is 0 Å². The van der Waals surface area contributed by atoms with Crippen molar-refractivity contribution in [1.82, 2.24) is 9.55 Å². The van der Waals surface area contributed by atoms with E-state index in [1.54, 1.807) is 0 Å². The molecule has 1 heterocycles. The van der Waals surface area contributed by atoms with Crippen molar-refractivity contribution in [3.8, 4) is 0 Å². The molecule has 0 bridgehead atoms. The molecule has 0 aliphatic carbocycles. The van der Waals surface area contributed by atoms with Crippen molar-refractivity contribution in [2.45, 2.75) is 13.0 Å². The molecule has 2 aromatic carbocycles. The van der Waals surface area contributed by atoms with Crippen LogP contribution in [-0.2, 0) is 13.0 Å². The summed E-state index contributed by atoms with van der Waals surface area (Å²) < 4.78 is 2.18. The van der Waals surface area contributed by atoms with Gasteiger partial charge in [0.05, 0.1) is 0 Å². The second-order valence-corrected chi connectivity index (χ2v) is 5.91. The first kappa shape index (κ1) is 15.2. The first-order valence-corrected chi connectivity index (χ1v) is 7.73. The Labute approximate surface area is 137 Å². The lowest BCUT2D eigenvalue weighted by Crippen LogP contribution is -2.09. The molecule has 4 nitrogen and oxygen atoms in total. The summed E-state index contributed by atoms with van der Waals surface area (Å²) in [6.07, 6.45) is 4.62. The van der Waals surface area contributed by atoms with Crippen LogP contribution in [0.5, 0.6) is 0 Å². The van der Waals surface area contributed by atoms with Crippen molar-refractivity contribution in [3.05, 3.63) is 77.9 Å². The molecule has 0 saturated heterocycles. The lowest BCUT2D eigenvalue weighted by molar-refractivity contribution is 0.741. The van der Waals surface area contributed by atoms with Gasteiger partial charge < -0.3 is 15.2 Å². The molecule has 0 spiro atoms. The summed E-state index contributed by atoms with van der Waals surface area (Å²) >= 11 is 0. The van der Waals surface area contributed by atoms with Gasteiger partial charge in [-0.25, -0.2) is 4.98 Å². The van der Waals surface area contributed by atoms with Gasteiger partial charge in [-0.3, -0.25) is 0 Å². The summed E-state index contributed by atoms with van der Waals surface area (Å²) in [6, 6.07) is 16.6. The average Bonchev–Trinajstić information content (AvgIpc) is 2.97. The van der Waals surface area contributed by atoms with Crippen molar-refractivity contribution < 1.29 is 0 Å². The van der Waals surface area contributed by atoms with Crippen LogP contribution in [0.4, 0.5) is 11.4 Å². The summed E-state index contributed by atoms with van der Waals surface area (Å²) in [6.45, 7) is 0.815. The normalized spacial score (nSPS) is 10.7. The first-order valence-electron chi connectivity index (χ1n) is 7.73. The van der Waals surface area contributed by atoms with E-state index in [-0.39, 0.29) is 0 Å². The van der Waals surface area contributed by atoms with Gasteiger partial charge in [0.2, 0.25) is 0 Å². The fourth-order valence-corrected chi connectivity index (χ4v) is 2.61. The van der Waals surface area contributed by atoms with Crippen LogP contribution in [0.3, 0.4) is 0 Å². The standard InChI is InChI=1S/C19H22N4/c1-22(2)17-9-7-15(8-10-17)14-23-12-11-21-19(23)13-16-5-3-4-6-18(16)20/h3-12H,13-14,20H2,1-2H3. The van der Waals surface area contributed by atoms with Crippen molar-refractivity contribution in [2.24, 2.45) is 0 Å². The van der Waals surface area contributed by atoms with Crippen LogP contribution in [0.1, 0.15) is 17.0 Å². The summed E-state index contributed by atoms with van der Waals surface area (Å²) in [4.78, 5) is 6.60. The average molecular weight is 306 g/mol. The highest BCUT2D eigenvalue weighted by Crippen LogP contribution is 2.17. The zero-order valence-electron chi connectivity index (χ0n) is 13.6. The highest BCUT2D eigenvalue weighted by Gasteiger charge is 2.07. The van der Waals surface area contributed by atoms with Gasteiger partial charge in [0.1, 0.15) is 5.82 Å². The van der Waals surface area contributed by atoms with Gasteiger partial charge in [-0.1, -0.05) is 30.3 Å². The van der Waals surface area contributed by atoms with E-state index in [0.717, 1.165) is 30.0 Å². The molecule has 0 unspecified atom stereocenters. The zero-order chi connectivity index (χ0) is 16.2.